The third-order valence-electron chi connectivity index (χ3n) is 3.60. The summed E-state index contributed by atoms with van der Waals surface area (Å²) < 4.78 is 40.6. The van der Waals surface area contributed by atoms with Crippen molar-refractivity contribution < 1.29 is 23.1 Å². The standard InChI is InChI=1S/C11H14F3N3O2/c1-16-7-15-4-8(16)5-17-3-2-10(6-17,9(18)19)11(12,13)14/h4,7H,2-3,5-6H2,1H3,(H,18,19). The Labute approximate surface area is 107 Å². The number of hydrogen-bond acceptors (Lipinski definition) is 3. The van der Waals surface area contributed by atoms with E-state index in [1.807, 2.05) is 0 Å². The van der Waals surface area contributed by atoms with Crippen LogP contribution in [0.5, 0.6) is 0 Å². The molecule has 1 aromatic rings. The molecule has 1 aliphatic heterocycles. The molecule has 1 N–H and O–H groups in total. The molecule has 0 amide bonds. The van der Waals surface area contributed by atoms with Gasteiger partial charge >= 0.3 is 12.1 Å². The van der Waals surface area contributed by atoms with Crippen molar-refractivity contribution in [3.05, 3.63) is 18.2 Å². The van der Waals surface area contributed by atoms with Gasteiger partial charge in [-0.05, 0) is 6.42 Å². The van der Waals surface area contributed by atoms with Crippen molar-refractivity contribution in [2.75, 3.05) is 13.1 Å². The number of aliphatic carboxylic acids is 1. The van der Waals surface area contributed by atoms with Crippen LogP contribution in [-0.4, -0.2) is 44.8 Å². The number of aryl methyl sites for hydroxylation is 1. The highest BCUT2D eigenvalue weighted by Crippen LogP contribution is 2.45. The van der Waals surface area contributed by atoms with E-state index in [-0.39, 0.29) is 13.1 Å². The Hall–Kier alpha value is -1.57. The topological polar surface area (TPSA) is 58.4 Å². The fourth-order valence-corrected chi connectivity index (χ4v) is 2.32. The van der Waals surface area contributed by atoms with Gasteiger partial charge in [0, 0.05) is 32.9 Å². The average Bonchev–Trinajstić information content (AvgIpc) is 2.87. The first-order valence-electron chi connectivity index (χ1n) is 5.74. The Kier molecular flexibility index (Phi) is 3.29. The third-order valence-corrected chi connectivity index (χ3v) is 3.60. The molecular weight excluding hydrogens is 263 g/mol. The summed E-state index contributed by atoms with van der Waals surface area (Å²) in [4.78, 5) is 16.4. The van der Waals surface area contributed by atoms with E-state index in [0.29, 0.717) is 0 Å². The Bertz CT molecular complexity index is 486. The van der Waals surface area contributed by atoms with Crippen LogP contribution in [0.15, 0.2) is 12.5 Å². The predicted octanol–water partition coefficient (Wildman–Crippen LogP) is 1.26. The van der Waals surface area contributed by atoms with Crippen LogP contribution in [-0.2, 0) is 18.4 Å². The minimum absolute atomic E-state index is 0.108. The molecule has 1 fully saturated rings. The fraction of sp³-hybridized carbons (Fsp3) is 0.636. The molecule has 0 bridgehead atoms. The largest absolute Gasteiger partial charge is 0.481 e. The van der Waals surface area contributed by atoms with E-state index >= 15 is 0 Å². The van der Waals surface area contributed by atoms with Crippen LogP contribution in [0.3, 0.4) is 0 Å². The van der Waals surface area contributed by atoms with E-state index in [1.54, 1.807) is 24.1 Å². The van der Waals surface area contributed by atoms with Gasteiger partial charge in [0.05, 0.1) is 12.0 Å². The molecule has 2 rings (SSSR count). The molecular formula is C11H14F3N3O2. The van der Waals surface area contributed by atoms with Gasteiger partial charge in [-0.15, -0.1) is 0 Å². The van der Waals surface area contributed by atoms with Crippen LogP contribution < -0.4 is 0 Å². The molecule has 0 radical (unpaired) electrons. The van der Waals surface area contributed by atoms with Gasteiger partial charge in [-0.2, -0.15) is 13.2 Å². The van der Waals surface area contributed by atoms with Gasteiger partial charge in [-0.1, -0.05) is 0 Å². The number of hydrogen-bond donors (Lipinski definition) is 1. The van der Waals surface area contributed by atoms with Crippen molar-refractivity contribution in [1.82, 2.24) is 14.5 Å². The predicted molar refractivity (Wildman–Crippen MR) is 59.2 cm³/mol. The van der Waals surface area contributed by atoms with Gasteiger partial charge < -0.3 is 9.67 Å². The van der Waals surface area contributed by atoms with Gasteiger partial charge in [0.2, 0.25) is 0 Å². The molecule has 1 saturated heterocycles. The molecule has 2 heterocycles. The Morgan fingerprint density at radius 3 is 2.68 bits per heavy atom. The van der Waals surface area contributed by atoms with Crippen LogP contribution >= 0.6 is 0 Å². The summed E-state index contributed by atoms with van der Waals surface area (Å²) >= 11 is 0. The average molecular weight is 277 g/mol. The lowest BCUT2D eigenvalue weighted by Crippen LogP contribution is -2.47. The van der Waals surface area contributed by atoms with Gasteiger partial charge in [0.1, 0.15) is 0 Å². The maximum absolute atomic E-state index is 13.0. The van der Waals surface area contributed by atoms with Crippen molar-refractivity contribution in [3.63, 3.8) is 0 Å². The maximum atomic E-state index is 13.0. The van der Waals surface area contributed by atoms with Gasteiger partial charge in [0.15, 0.2) is 5.41 Å². The molecule has 1 aromatic heterocycles. The second kappa shape index (κ2) is 4.52. The first kappa shape index (κ1) is 13.9. The van der Waals surface area contributed by atoms with Crippen LogP contribution in [0.1, 0.15) is 12.1 Å². The fourth-order valence-electron chi connectivity index (χ4n) is 2.32. The normalized spacial score (nSPS) is 24.8. The van der Waals surface area contributed by atoms with Crippen LogP contribution in [0.25, 0.3) is 0 Å². The quantitative estimate of drug-likeness (QED) is 0.903. The first-order valence-corrected chi connectivity index (χ1v) is 5.74. The highest BCUT2D eigenvalue weighted by Gasteiger charge is 2.63. The number of alkyl halides is 3. The summed E-state index contributed by atoms with van der Waals surface area (Å²) in [6.07, 6.45) is -2.03. The lowest BCUT2D eigenvalue weighted by atomic mass is 9.86. The minimum Gasteiger partial charge on any atom is -0.481 e. The van der Waals surface area contributed by atoms with Crippen molar-refractivity contribution in [2.45, 2.75) is 19.1 Å². The number of carboxylic acids is 1. The van der Waals surface area contributed by atoms with E-state index in [9.17, 15) is 18.0 Å². The van der Waals surface area contributed by atoms with Crippen LogP contribution in [0.2, 0.25) is 0 Å². The zero-order valence-electron chi connectivity index (χ0n) is 10.3. The smallest absolute Gasteiger partial charge is 0.406 e. The zero-order valence-corrected chi connectivity index (χ0v) is 10.3. The summed E-state index contributed by atoms with van der Waals surface area (Å²) in [5, 5.41) is 8.93. The third kappa shape index (κ3) is 2.32. The number of imidazole rings is 1. The molecule has 106 valence electrons. The molecule has 1 atom stereocenters. The van der Waals surface area contributed by atoms with Gasteiger partial charge in [-0.25, -0.2) is 4.98 Å². The summed E-state index contributed by atoms with van der Waals surface area (Å²) in [6, 6.07) is 0. The molecule has 0 aliphatic carbocycles. The first-order chi connectivity index (χ1) is 8.76. The van der Waals surface area contributed by atoms with Gasteiger partial charge in [0.25, 0.3) is 0 Å². The summed E-state index contributed by atoms with van der Waals surface area (Å²) in [5.74, 6) is -1.80. The van der Waals surface area contributed by atoms with Crippen molar-refractivity contribution in [1.29, 1.82) is 0 Å². The molecule has 0 aromatic carbocycles. The van der Waals surface area contributed by atoms with Crippen LogP contribution in [0.4, 0.5) is 13.2 Å². The number of nitrogens with zero attached hydrogens (tertiary/aromatic N) is 3. The van der Waals surface area contributed by atoms with Crippen molar-refractivity contribution in [3.8, 4) is 0 Å². The molecule has 19 heavy (non-hydrogen) atoms. The molecule has 1 aliphatic rings. The van der Waals surface area contributed by atoms with Crippen LogP contribution in [0, 0.1) is 5.41 Å². The van der Waals surface area contributed by atoms with Crippen molar-refractivity contribution in [2.24, 2.45) is 12.5 Å². The number of carboxylic acid groups (broad SMARTS) is 1. The van der Waals surface area contributed by atoms with E-state index < -0.39 is 30.5 Å². The molecule has 5 nitrogen and oxygen atoms in total. The zero-order chi connectivity index (χ0) is 14.3. The van der Waals surface area contributed by atoms with Gasteiger partial charge in [-0.3, -0.25) is 9.69 Å². The maximum Gasteiger partial charge on any atom is 0.406 e. The molecule has 0 saturated carbocycles. The Morgan fingerprint density at radius 1 is 1.58 bits per heavy atom. The second-order valence-electron chi connectivity index (χ2n) is 4.84. The number of rotatable bonds is 3. The molecule has 8 heteroatoms. The number of halogens is 3. The summed E-state index contributed by atoms with van der Waals surface area (Å²) in [5.41, 5.74) is -1.89. The van der Waals surface area contributed by atoms with Crippen molar-refractivity contribution >= 4 is 5.97 Å². The summed E-state index contributed by atoms with van der Waals surface area (Å²) in [7, 11) is 1.74. The number of carbonyl (C=O) groups is 1. The SMILES string of the molecule is Cn1cncc1CN1CCC(C(=O)O)(C(F)(F)F)C1. The van der Waals surface area contributed by atoms with E-state index in [4.69, 9.17) is 5.11 Å². The number of likely N-dealkylation sites (tertiary alicyclic amines) is 1. The van der Waals surface area contributed by atoms with E-state index in [2.05, 4.69) is 4.98 Å². The van der Waals surface area contributed by atoms with E-state index in [0.717, 1.165) is 5.69 Å². The minimum atomic E-state index is -4.74. The number of aromatic nitrogens is 2. The Balaban J connectivity index is 2.14. The molecule has 1 unspecified atom stereocenters. The lowest BCUT2D eigenvalue weighted by Gasteiger charge is -2.27. The second-order valence-corrected chi connectivity index (χ2v) is 4.84. The lowest BCUT2D eigenvalue weighted by molar-refractivity contribution is -0.227. The monoisotopic (exact) mass is 277 g/mol. The summed E-state index contributed by atoms with van der Waals surface area (Å²) in [6.45, 7) is -0.143. The highest BCUT2D eigenvalue weighted by atomic mass is 19.4. The van der Waals surface area contributed by atoms with E-state index in [1.165, 1.54) is 4.90 Å². The Morgan fingerprint density at radius 2 is 2.26 bits per heavy atom. The molecule has 0 spiro atoms. The highest BCUT2D eigenvalue weighted by molar-refractivity contribution is 5.76.